The summed E-state index contributed by atoms with van der Waals surface area (Å²) in [5, 5.41) is 7.46. The lowest BCUT2D eigenvalue weighted by Gasteiger charge is -2.10. The third-order valence-electron chi connectivity index (χ3n) is 5.17. The first-order valence-electron chi connectivity index (χ1n) is 9.84. The Hall–Kier alpha value is -3.93. The number of nitrogens with one attached hydrogen (secondary N) is 1. The second-order valence-electron chi connectivity index (χ2n) is 7.26. The lowest BCUT2D eigenvalue weighted by Crippen LogP contribution is -2.17. The van der Waals surface area contributed by atoms with Crippen molar-refractivity contribution in [1.82, 2.24) is 9.78 Å². The average molecular weight is 415 g/mol. The Labute approximate surface area is 180 Å². The van der Waals surface area contributed by atoms with E-state index in [1.165, 1.54) is 10.7 Å². The van der Waals surface area contributed by atoms with E-state index >= 15 is 0 Å². The van der Waals surface area contributed by atoms with Crippen molar-refractivity contribution in [2.75, 3.05) is 12.4 Å². The van der Waals surface area contributed by atoms with Gasteiger partial charge in [-0.25, -0.2) is 9.07 Å². The highest BCUT2D eigenvalue weighted by Crippen LogP contribution is 2.26. The van der Waals surface area contributed by atoms with Crippen LogP contribution in [0.15, 0.2) is 72.8 Å². The molecule has 1 aromatic heterocycles. The number of aryl methyl sites for hydroxylation is 2. The zero-order valence-electron chi connectivity index (χ0n) is 17.5. The molecule has 0 atom stereocenters. The molecule has 0 aliphatic carbocycles. The summed E-state index contributed by atoms with van der Waals surface area (Å²) < 4.78 is 21.1. The summed E-state index contributed by atoms with van der Waals surface area (Å²) in [5.74, 6) is -0.0523. The van der Waals surface area contributed by atoms with Gasteiger partial charge in [0.25, 0.3) is 5.91 Å². The van der Waals surface area contributed by atoms with Crippen molar-refractivity contribution in [1.29, 1.82) is 0 Å². The van der Waals surface area contributed by atoms with Crippen LogP contribution in [0.5, 0.6) is 5.75 Å². The van der Waals surface area contributed by atoms with E-state index in [1.54, 1.807) is 55.6 Å². The van der Waals surface area contributed by atoms with Gasteiger partial charge in [0.2, 0.25) is 0 Å². The maximum Gasteiger partial charge on any atom is 0.274 e. The van der Waals surface area contributed by atoms with E-state index in [4.69, 9.17) is 4.74 Å². The standard InChI is InChI=1S/C25H22FN3O2/c1-16-8-9-18(14-17(16)2)27-25(30)24-15-23(21-6-4-5-7-22(21)26)28-29(24)19-10-12-20(31-3)13-11-19/h4-15H,1-3H3,(H,27,30). The molecule has 0 saturated heterocycles. The van der Waals surface area contributed by atoms with Crippen LogP contribution >= 0.6 is 0 Å². The molecule has 1 N–H and O–H groups in total. The van der Waals surface area contributed by atoms with E-state index in [9.17, 15) is 9.18 Å². The molecular formula is C25H22FN3O2. The number of halogens is 1. The summed E-state index contributed by atoms with van der Waals surface area (Å²) in [5.41, 5.74) is 4.56. The fraction of sp³-hybridized carbons (Fsp3) is 0.120. The topological polar surface area (TPSA) is 56.2 Å². The molecular weight excluding hydrogens is 393 g/mol. The number of hydrogen-bond acceptors (Lipinski definition) is 3. The molecule has 1 amide bonds. The third kappa shape index (κ3) is 4.19. The van der Waals surface area contributed by atoms with Crippen LogP contribution in [0.1, 0.15) is 21.6 Å². The first-order valence-corrected chi connectivity index (χ1v) is 9.84. The Morgan fingerprint density at radius 1 is 0.968 bits per heavy atom. The zero-order chi connectivity index (χ0) is 22.0. The SMILES string of the molecule is COc1ccc(-n2nc(-c3ccccc3F)cc2C(=O)Nc2ccc(C)c(C)c2)cc1. The molecule has 0 unspecified atom stereocenters. The Balaban J connectivity index is 1.77. The van der Waals surface area contributed by atoms with Crippen LogP contribution in [0.2, 0.25) is 0 Å². The van der Waals surface area contributed by atoms with Crippen molar-refractivity contribution in [2.24, 2.45) is 0 Å². The highest BCUT2D eigenvalue weighted by molar-refractivity contribution is 6.04. The number of carbonyl (C=O) groups excluding carboxylic acids is 1. The van der Waals surface area contributed by atoms with Gasteiger partial charge >= 0.3 is 0 Å². The van der Waals surface area contributed by atoms with Crippen LogP contribution in [-0.2, 0) is 0 Å². The minimum absolute atomic E-state index is 0.293. The fourth-order valence-corrected chi connectivity index (χ4v) is 3.28. The van der Waals surface area contributed by atoms with Gasteiger partial charge in [-0.15, -0.1) is 0 Å². The van der Waals surface area contributed by atoms with Crippen molar-refractivity contribution in [3.63, 3.8) is 0 Å². The van der Waals surface area contributed by atoms with Gasteiger partial charge in [0, 0.05) is 11.3 Å². The van der Waals surface area contributed by atoms with Crippen LogP contribution < -0.4 is 10.1 Å². The van der Waals surface area contributed by atoms with Crippen molar-refractivity contribution in [2.45, 2.75) is 13.8 Å². The lowest BCUT2D eigenvalue weighted by molar-refractivity contribution is 0.101. The summed E-state index contributed by atoms with van der Waals surface area (Å²) >= 11 is 0. The quantitative estimate of drug-likeness (QED) is 0.465. The number of methoxy groups -OCH3 is 1. The van der Waals surface area contributed by atoms with E-state index < -0.39 is 5.82 Å². The fourth-order valence-electron chi connectivity index (χ4n) is 3.28. The molecule has 4 rings (SSSR count). The number of anilines is 1. The predicted molar refractivity (Wildman–Crippen MR) is 119 cm³/mol. The number of amides is 1. The number of ether oxygens (including phenoxy) is 1. The van der Waals surface area contributed by atoms with Crippen LogP contribution in [0, 0.1) is 19.7 Å². The molecule has 0 saturated carbocycles. The maximum absolute atomic E-state index is 14.4. The zero-order valence-corrected chi connectivity index (χ0v) is 17.5. The lowest BCUT2D eigenvalue weighted by atomic mass is 10.1. The van der Waals surface area contributed by atoms with Crippen molar-refractivity contribution in [3.05, 3.63) is 95.4 Å². The molecule has 3 aromatic carbocycles. The Morgan fingerprint density at radius 3 is 2.39 bits per heavy atom. The molecule has 0 bridgehead atoms. The van der Waals surface area contributed by atoms with Gasteiger partial charge in [-0.05, 0) is 79.6 Å². The summed E-state index contributed by atoms with van der Waals surface area (Å²) in [6.07, 6.45) is 0. The first kappa shape index (κ1) is 20.3. The smallest absolute Gasteiger partial charge is 0.274 e. The summed E-state index contributed by atoms with van der Waals surface area (Å²) in [6, 6.07) is 20.8. The van der Waals surface area contributed by atoms with Crippen molar-refractivity contribution < 1.29 is 13.9 Å². The molecule has 4 aromatic rings. The molecule has 1 heterocycles. The number of aromatic nitrogens is 2. The number of hydrogen-bond donors (Lipinski definition) is 1. The molecule has 0 radical (unpaired) electrons. The van der Waals surface area contributed by atoms with Gasteiger partial charge in [0.1, 0.15) is 17.3 Å². The highest BCUT2D eigenvalue weighted by Gasteiger charge is 2.19. The van der Waals surface area contributed by atoms with Crippen LogP contribution in [-0.4, -0.2) is 22.8 Å². The Morgan fingerprint density at radius 2 is 1.71 bits per heavy atom. The number of nitrogens with zero attached hydrogens (tertiary/aromatic N) is 2. The Kier molecular flexibility index (Phi) is 5.54. The largest absolute Gasteiger partial charge is 0.497 e. The number of benzene rings is 3. The second kappa shape index (κ2) is 8.44. The second-order valence-corrected chi connectivity index (χ2v) is 7.26. The van der Waals surface area contributed by atoms with Crippen LogP contribution in [0.3, 0.4) is 0 Å². The minimum Gasteiger partial charge on any atom is -0.497 e. The number of carbonyl (C=O) groups is 1. The Bertz CT molecular complexity index is 1250. The highest BCUT2D eigenvalue weighted by atomic mass is 19.1. The van der Waals surface area contributed by atoms with Gasteiger partial charge in [-0.1, -0.05) is 18.2 Å². The molecule has 6 heteroatoms. The summed E-state index contributed by atoms with van der Waals surface area (Å²) in [6.45, 7) is 4.00. The van der Waals surface area contributed by atoms with Gasteiger partial charge < -0.3 is 10.1 Å². The molecule has 0 aliphatic heterocycles. The van der Waals surface area contributed by atoms with E-state index in [1.807, 2.05) is 32.0 Å². The third-order valence-corrected chi connectivity index (χ3v) is 5.17. The maximum atomic E-state index is 14.4. The predicted octanol–water partition coefficient (Wildman–Crippen LogP) is 5.56. The monoisotopic (exact) mass is 415 g/mol. The van der Waals surface area contributed by atoms with E-state index in [-0.39, 0.29) is 5.91 Å². The molecule has 156 valence electrons. The number of rotatable bonds is 5. The molecule has 0 aliphatic rings. The van der Waals surface area contributed by atoms with E-state index in [2.05, 4.69) is 10.4 Å². The van der Waals surface area contributed by atoms with Crippen LogP contribution in [0.4, 0.5) is 10.1 Å². The van der Waals surface area contributed by atoms with Crippen molar-refractivity contribution >= 4 is 11.6 Å². The van der Waals surface area contributed by atoms with Gasteiger partial charge in [0.15, 0.2) is 0 Å². The molecule has 5 nitrogen and oxygen atoms in total. The first-order chi connectivity index (χ1) is 15.0. The van der Waals surface area contributed by atoms with Gasteiger partial charge in [-0.3, -0.25) is 4.79 Å². The average Bonchev–Trinajstić information content (AvgIpc) is 3.22. The summed E-state index contributed by atoms with van der Waals surface area (Å²) in [7, 11) is 1.58. The van der Waals surface area contributed by atoms with Gasteiger partial charge in [-0.2, -0.15) is 5.10 Å². The molecule has 0 spiro atoms. The summed E-state index contributed by atoms with van der Waals surface area (Å²) in [4.78, 5) is 13.2. The molecule has 31 heavy (non-hydrogen) atoms. The van der Waals surface area contributed by atoms with E-state index in [0.717, 1.165) is 11.1 Å². The van der Waals surface area contributed by atoms with E-state index in [0.29, 0.717) is 34.1 Å². The van der Waals surface area contributed by atoms with Crippen molar-refractivity contribution in [3.8, 4) is 22.7 Å². The minimum atomic E-state index is -0.400. The van der Waals surface area contributed by atoms with Gasteiger partial charge in [0.05, 0.1) is 18.5 Å². The molecule has 0 fully saturated rings. The normalized spacial score (nSPS) is 10.7. The van der Waals surface area contributed by atoms with Crippen LogP contribution in [0.25, 0.3) is 16.9 Å².